The SMILES string of the molecule is CC(N)C(c1ccc(Br)cc1)N1CCCC(C(N)=O)C1. The molecular formula is C15H22BrN3O. The fraction of sp³-hybridized carbons (Fsp3) is 0.533. The van der Waals surface area contributed by atoms with Crippen molar-refractivity contribution in [1.82, 2.24) is 4.90 Å². The number of likely N-dealkylation sites (tertiary alicyclic amines) is 1. The minimum absolute atomic E-state index is 0.00259. The molecule has 1 fully saturated rings. The second-order valence-corrected chi connectivity index (χ2v) is 6.51. The van der Waals surface area contributed by atoms with Crippen molar-refractivity contribution < 1.29 is 4.79 Å². The maximum absolute atomic E-state index is 11.4. The molecule has 5 heteroatoms. The smallest absolute Gasteiger partial charge is 0.221 e. The zero-order chi connectivity index (χ0) is 14.7. The molecule has 0 bridgehead atoms. The summed E-state index contributed by atoms with van der Waals surface area (Å²) < 4.78 is 1.05. The molecule has 1 aliphatic rings. The van der Waals surface area contributed by atoms with Crippen molar-refractivity contribution in [3.8, 4) is 0 Å². The van der Waals surface area contributed by atoms with Crippen LogP contribution in [-0.4, -0.2) is 29.9 Å². The lowest BCUT2D eigenvalue weighted by Gasteiger charge is -2.39. The van der Waals surface area contributed by atoms with E-state index in [2.05, 4.69) is 33.0 Å². The number of benzene rings is 1. The van der Waals surface area contributed by atoms with E-state index >= 15 is 0 Å². The number of carbonyl (C=O) groups excluding carboxylic acids is 1. The topological polar surface area (TPSA) is 72.3 Å². The minimum Gasteiger partial charge on any atom is -0.369 e. The molecule has 3 atom stereocenters. The Kier molecular flexibility index (Phi) is 5.18. The van der Waals surface area contributed by atoms with Crippen molar-refractivity contribution in [2.24, 2.45) is 17.4 Å². The van der Waals surface area contributed by atoms with Crippen LogP contribution in [0.3, 0.4) is 0 Å². The van der Waals surface area contributed by atoms with Crippen LogP contribution in [0.15, 0.2) is 28.7 Å². The summed E-state index contributed by atoms with van der Waals surface area (Å²) in [7, 11) is 0. The highest BCUT2D eigenvalue weighted by Crippen LogP contribution is 2.29. The first-order chi connectivity index (χ1) is 9.49. The summed E-state index contributed by atoms with van der Waals surface area (Å²) in [6, 6.07) is 8.37. The summed E-state index contributed by atoms with van der Waals surface area (Å²) >= 11 is 3.45. The van der Waals surface area contributed by atoms with Gasteiger partial charge in [-0.3, -0.25) is 9.69 Å². The molecular weight excluding hydrogens is 318 g/mol. The zero-order valence-electron chi connectivity index (χ0n) is 11.8. The molecule has 0 spiro atoms. The summed E-state index contributed by atoms with van der Waals surface area (Å²) in [6.07, 6.45) is 1.88. The Bertz CT molecular complexity index is 461. The van der Waals surface area contributed by atoms with Crippen molar-refractivity contribution >= 4 is 21.8 Å². The first-order valence-corrected chi connectivity index (χ1v) is 7.82. The van der Waals surface area contributed by atoms with Crippen molar-refractivity contribution in [3.05, 3.63) is 34.3 Å². The van der Waals surface area contributed by atoms with Gasteiger partial charge in [0.2, 0.25) is 5.91 Å². The van der Waals surface area contributed by atoms with Crippen molar-refractivity contribution in [1.29, 1.82) is 0 Å². The maximum atomic E-state index is 11.4. The van der Waals surface area contributed by atoms with Gasteiger partial charge in [-0.05, 0) is 44.0 Å². The van der Waals surface area contributed by atoms with Gasteiger partial charge < -0.3 is 11.5 Å². The number of hydrogen-bond acceptors (Lipinski definition) is 3. The number of nitrogens with two attached hydrogens (primary N) is 2. The molecule has 0 saturated carbocycles. The number of hydrogen-bond donors (Lipinski definition) is 2. The van der Waals surface area contributed by atoms with E-state index in [0.29, 0.717) is 6.54 Å². The van der Waals surface area contributed by atoms with E-state index in [0.717, 1.165) is 23.9 Å². The summed E-state index contributed by atoms with van der Waals surface area (Å²) in [4.78, 5) is 13.7. The Hall–Kier alpha value is -0.910. The van der Waals surface area contributed by atoms with Gasteiger partial charge in [0.1, 0.15) is 0 Å². The van der Waals surface area contributed by atoms with E-state index < -0.39 is 0 Å². The Morgan fingerprint density at radius 1 is 1.40 bits per heavy atom. The summed E-state index contributed by atoms with van der Waals surface area (Å²) in [5.74, 6) is -0.255. The van der Waals surface area contributed by atoms with Gasteiger partial charge in [-0.1, -0.05) is 28.1 Å². The van der Waals surface area contributed by atoms with E-state index in [1.54, 1.807) is 0 Å². The van der Waals surface area contributed by atoms with Crippen molar-refractivity contribution in [2.45, 2.75) is 31.8 Å². The van der Waals surface area contributed by atoms with E-state index in [1.165, 1.54) is 5.56 Å². The minimum atomic E-state index is -0.200. The molecule has 1 amide bonds. The van der Waals surface area contributed by atoms with E-state index in [-0.39, 0.29) is 23.9 Å². The number of piperidine rings is 1. The Balaban J connectivity index is 2.20. The number of amides is 1. The van der Waals surface area contributed by atoms with Gasteiger partial charge >= 0.3 is 0 Å². The summed E-state index contributed by atoms with van der Waals surface area (Å²) in [6.45, 7) is 3.68. The fourth-order valence-corrected chi connectivity index (χ4v) is 3.26. The predicted molar refractivity (Wildman–Crippen MR) is 84.0 cm³/mol. The molecule has 4 nitrogen and oxygen atoms in total. The number of rotatable bonds is 4. The van der Waals surface area contributed by atoms with Crippen LogP contribution < -0.4 is 11.5 Å². The van der Waals surface area contributed by atoms with Gasteiger partial charge in [-0.25, -0.2) is 0 Å². The van der Waals surface area contributed by atoms with E-state index in [4.69, 9.17) is 11.5 Å². The number of primary amides is 1. The number of halogens is 1. The average molecular weight is 340 g/mol. The van der Waals surface area contributed by atoms with Crippen molar-refractivity contribution in [3.63, 3.8) is 0 Å². The molecule has 0 aliphatic carbocycles. The number of nitrogens with zero attached hydrogens (tertiary/aromatic N) is 1. The third-order valence-corrected chi connectivity index (χ3v) is 4.49. The molecule has 0 aromatic heterocycles. The fourth-order valence-electron chi connectivity index (χ4n) is 3.00. The molecule has 20 heavy (non-hydrogen) atoms. The van der Waals surface area contributed by atoms with Crippen LogP contribution in [0.25, 0.3) is 0 Å². The van der Waals surface area contributed by atoms with Crippen LogP contribution in [0.1, 0.15) is 31.4 Å². The van der Waals surface area contributed by atoms with Crippen LogP contribution >= 0.6 is 15.9 Å². The van der Waals surface area contributed by atoms with Gasteiger partial charge in [0, 0.05) is 23.1 Å². The number of carbonyl (C=O) groups is 1. The molecule has 1 aliphatic heterocycles. The monoisotopic (exact) mass is 339 g/mol. The molecule has 2 rings (SSSR count). The highest BCUT2D eigenvalue weighted by Gasteiger charge is 2.31. The van der Waals surface area contributed by atoms with Gasteiger partial charge in [0.25, 0.3) is 0 Å². The summed E-state index contributed by atoms with van der Waals surface area (Å²) in [5.41, 5.74) is 12.8. The predicted octanol–water partition coefficient (Wildman–Crippen LogP) is 2.03. The second-order valence-electron chi connectivity index (χ2n) is 5.59. The van der Waals surface area contributed by atoms with Crippen LogP contribution in [0.2, 0.25) is 0 Å². The molecule has 110 valence electrons. The van der Waals surface area contributed by atoms with E-state index in [9.17, 15) is 4.79 Å². The first kappa shape index (κ1) is 15.5. The molecule has 1 aromatic rings. The van der Waals surface area contributed by atoms with Crippen LogP contribution in [-0.2, 0) is 4.79 Å². The Morgan fingerprint density at radius 2 is 2.05 bits per heavy atom. The zero-order valence-corrected chi connectivity index (χ0v) is 13.3. The average Bonchev–Trinajstić information content (AvgIpc) is 2.41. The van der Waals surface area contributed by atoms with Gasteiger partial charge in [0.15, 0.2) is 0 Å². The molecule has 3 unspecified atom stereocenters. The maximum Gasteiger partial charge on any atom is 0.221 e. The highest BCUT2D eigenvalue weighted by atomic mass is 79.9. The van der Waals surface area contributed by atoms with Gasteiger partial charge in [-0.2, -0.15) is 0 Å². The van der Waals surface area contributed by atoms with Gasteiger partial charge in [0.05, 0.1) is 5.92 Å². The van der Waals surface area contributed by atoms with Crippen molar-refractivity contribution in [2.75, 3.05) is 13.1 Å². The lowest BCUT2D eigenvalue weighted by Crippen LogP contribution is -2.47. The van der Waals surface area contributed by atoms with Crippen LogP contribution in [0.5, 0.6) is 0 Å². The lowest BCUT2D eigenvalue weighted by atomic mass is 9.92. The molecule has 1 heterocycles. The van der Waals surface area contributed by atoms with Crippen LogP contribution in [0, 0.1) is 5.92 Å². The molecule has 4 N–H and O–H groups in total. The Morgan fingerprint density at radius 3 is 2.60 bits per heavy atom. The Labute approximate surface area is 128 Å². The van der Waals surface area contributed by atoms with E-state index in [1.807, 2.05) is 19.1 Å². The standard InChI is InChI=1S/C15H22BrN3O/c1-10(17)14(11-4-6-13(16)7-5-11)19-8-2-3-12(9-19)15(18)20/h4-7,10,12,14H,2-3,8-9,17H2,1H3,(H2,18,20). The normalized spacial score (nSPS) is 23.2. The largest absolute Gasteiger partial charge is 0.369 e. The van der Waals surface area contributed by atoms with Gasteiger partial charge in [-0.15, -0.1) is 0 Å². The quantitative estimate of drug-likeness (QED) is 0.881. The van der Waals surface area contributed by atoms with Crippen LogP contribution in [0.4, 0.5) is 0 Å². The summed E-state index contributed by atoms with van der Waals surface area (Å²) in [5, 5.41) is 0. The lowest BCUT2D eigenvalue weighted by molar-refractivity contribution is -0.123. The molecule has 0 radical (unpaired) electrons. The third-order valence-electron chi connectivity index (χ3n) is 3.96. The molecule has 1 saturated heterocycles. The molecule has 1 aromatic carbocycles. The second kappa shape index (κ2) is 6.70. The third kappa shape index (κ3) is 3.59. The highest BCUT2D eigenvalue weighted by molar-refractivity contribution is 9.10. The first-order valence-electron chi connectivity index (χ1n) is 7.03.